The van der Waals surface area contributed by atoms with E-state index in [-0.39, 0.29) is 12.0 Å². The van der Waals surface area contributed by atoms with Gasteiger partial charge < -0.3 is 9.64 Å². The van der Waals surface area contributed by atoms with Crippen LogP contribution < -0.4 is 0 Å². The van der Waals surface area contributed by atoms with Crippen LogP contribution in [0, 0.1) is 13.8 Å². The number of halogens is 1. The summed E-state index contributed by atoms with van der Waals surface area (Å²) in [6, 6.07) is 7.79. The Bertz CT molecular complexity index is 766. The normalized spacial score (nSPS) is 17.0. The summed E-state index contributed by atoms with van der Waals surface area (Å²) in [6.07, 6.45) is 1.48. The monoisotopic (exact) mass is 361 g/mol. The van der Waals surface area contributed by atoms with E-state index < -0.39 is 0 Å². The van der Waals surface area contributed by atoms with Gasteiger partial charge in [0.25, 0.3) is 5.91 Å². The molecule has 1 aliphatic rings. The molecule has 25 heavy (non-hydrogen) atoms. The fourth-order valence-electron chi connectivity index (χ4n) is 3.24. The molecule has 134 valence electrons. The molecule has 0 bridgehead atoms. The number of rotatable bonds is 5. The molecular formula is C19H24ClN3O2. The van der Waals surface area contributed by atoms with Crippen molar-refractivity contribution in [3.8, 4) is 0 Å². The van der Waals surface area contributed by atoms with Crippen LogP contribution in [-0.4, -0.2) is 40.3 Å². The maximum atomic E-state index is 12.5. The largest absolute Gasteiger partial charge is 0.368 e. The lowest BCUT2D eigenvalue weighted by atomic mass is 10.1. The summed E-state index contributed by atoms with van der Waals surface area (Å²) in [5.74, 6) is 0.0511. The first kappa shape index (κ1) is 18.0. The van der Waals surface area contributed by atoms with Gasteiger partial charge in [0.2, 0.25) is 0 Å². The van der Waals surface area contributed by atoms with Crippen LogP contribution in [-0.2, 0) is 22.6 Å². The van der Waals surface area contributed by atoms with E-state index >= 15 is 0 Å². The molecule has 5 nitrogen and oxygen atoms in total. The number of carbonyl (C=O) groups is 1. The van der Waals surface area contributed by atoms with Gasteiger partial charge >= 0.3 is 0 Å². The fourth-order valence-corrected chi connectivity index (χ4v) is 3.43. The highest BCUT2D eigenvalue weighted by Crippen LogP contribution is 2.21. The number of aromatic nitrogens is 2. The molecular weight excluding hydrogens is 338 g/mol. The van der Waals surface area contributed by atoms with Crippen molar-refractivity contribution in [2.45, 2.75) is 45.9 Å². The lowest BCUT2D eigenvalue weighted by molar-refractivity contribution is -0.140. The Kier molecular flexibility index (Phi) is 5.45. The van der Waals surface area contributed by atoms with Crippen molar-refractivity contribution in [2.24, 2.45) is 0 Å². The standard InChI is InChI=1S/C19H24ClN3O2/c1-13-16(12-22(3)19(24)18-9-6-10-25-18)14(2)23(21-13)11-15-7-4-5-8-17(15)20/h4-5,7-8,18H,6,9-12H2,1-3H3. The number of hydrogen-bond acceptors (Lipinski definition) is 3. The van der Waals surface area contributed by atoms with E-state index in [1.165, 1.54) is 0 Å². The van der Waals surface area contributed by atoms with Crippen molar-refractivity contribution in [2.75, 3.05) is 13.7 Å². The van der Waals surface area contributed by atoms with Crippen molar-refractivity contribution >= 4 is 17.5 Å². The lowest BCUT2D eigenvalue weighted by Gasteiger charge is -2.21. The Balaban J connectivity index is 1.75. The number of ether oxygens (including phenoxy) is 1. The average Bonchev–Trinajstić information content (AvgIpc) is 3.21. The van der Waals surface area contributed by atoms with Gasteiger partial charge in [-0.25, -0.2) is 0 Å². The van der Waals surface area contributed by atoms with Gasteiger partial charge in [-0.15, -0.1) is 0 Å². The van der Waals surface area contributed by atoms with E-state index in [2.05, 4.69) is 5.10 Å². The number of likely N-dealkylation sites (N-methyl/N-ethyl adjacent to an activating group) is 1. The van der Waals surface area contributed by atoms with Crippen molar-refractivity contribution in [3.05, 3.63) is 51.8 Å². The van der Waals surface area contributed by atoms with Crippen LogP contribution >= 0.6 is 11.6 Å². The highest BCUT2D eigenvalue weighted by Gasteiger charge is 2.27. The SMILES string of the molecule is Cc1nn(Cc2ccccc2Cl)c(C)c1CN(C)C(=O)C1CCCO1. The van der Waals surface area contributed by atoms with Crippen LogP contribution in [0.2, 0.25) is 5.02 Å². The first-order chi connectivity index (χ1) is 12.0. The van der Waals surface area contributed by atoms with Gasteiger partial charge in [0.05, 0.1) is 12.2 Å². The van der Waals surface area contributed by atoms with Crippen LogP contribution in [0.1, 0.15) is 35.4 Å². The molecule has 0 radical (unpaired) electrons. The highest BCUT2D eigenvalue weighted by atomic mass is 35.5. The molecule has 1 amide bonds. The summed E-state index contributed by atoms with van der Waals surface area (Å²) >= 11 is 6.26. The van der Waals surface area contributed by atoms with Crippen molar-refractivity contribution in [1.29, 1.82) is 0 Å². The Morgan fingerprint density at radius 2 is 2.16 bits per heavy atom. The molecule has 2 aromatic rings. The molecule has 1 aliphatic heterocycles. The predicted octanol–water partition coefficient (Wildman–Crippen LogP) is 3.34. The summed E-state index contributed by atoms with van der Waals surface area (Å²) in [5.41, 5.74) is 4.12. The molecule has 1 fully saturated rings. The lowest BCUT2D eigenvalue weighted by Crippen LogP contribution is -2.35. The van der Waals surface area contributed by atoms with Gasteiger partial charge in [0, 0.05) is 36.5 Å². The molecule has 1 aromatic heterocycles. The molecule has 0 aliphatic carbocycles. The van der Waals surface area contributed by atoms with Gasteiger partial charge in [-0.1, -0.05) is 29.8 Å². The summed E-state index contributed by atoms with van der Waals surface area (Å²) < 4.78 is 7.46. The van der Waals surface area contributed by atoms with Crippen LogP contribution in [0.4, 0.5) is 0 Å². The molecule has 6 heteroatoms. The van der Waals surface area contributed by atoms with E-state index in [9.17, 15) is 4.79 Å². The number of benzene rings is 1. The maximum absolute atomic E-state index is 12.5. The third-order valence-corrected chi connectivity index (χ3v) is 5.15. The van der Waals surface area contributed by atoms with Crippen molar-refractivity contribution in [1.82, 2.24) is 14.7 Å². The Hall–Kier alpha value is -1.85. The zero-order valence-electron chi connectivity index (χ0n) is 15.0. The number of nitrogens with zero attached hydrogens (tertiary/aromatic N) is 3. The molecule has 0 N–H and O–H groups in total. The maximum Gasteiger partial charge on any atom is 0.251 e. The highest BCUT2D eigenvalue weighted by molar-refractivity contribution is 6.31. The molecule has 1 aromatic carbocycles. The molecule has 0 saturated carbocycles. The molecule has 3 rings (SSSR count). The number of carbonyl (C=O) groups excluding carboxylic acids is 1. The molecule has 2 heterocycles. The first-order valence-electron chi connectivity index (χ1n) is 8.60. The van der Waals surface area contributed by atoms with Crippen molar-refractivity contribution < 1.29 is 9.53 Å². The summed E-state index contributed by atoms with van der Waals surface area (Å²) in [7, 11) is 1.83. The molecule has 1 unspecified atom stereocenters. The van der Waals surface area contributed by atoms with Crippen molar-refractivity contribution in [3.63, 3.8) is 0 Å². The van der Waals surface area contributed by atoms with Gasteiger partial charge in [0.1, 0.15) is 6.10 Å². The van der Waals surface area contributed by atoms with E-state index in [1.54, 1.807) is 4.90 Å². The number of amides is 1. The van der Waals surface area contributed by atoms with Gasteiger partial charge in [-0.05, 0) is 38.3 Å². The third kappa shape index (κ3) is 3.88. The Morgan fingerprint density at radius 3 is 2.84 bits per heavy atom. The average molecular weight is 362 g/mol. The Labute approximate surface area is 153 Å². The van der Waals surface area contributed by atoms with E-state index in [0.717, 1.165) is 40.4 Å². The summed E-state index contributed by atoms with van der Waals surface area (Å²) in [5, 5.41) is 5.38. The first-order valence-corrected chi connectivity index (χ1v) is 8.98. The Morgan fingerprint density at radius 1 is 1.40 bits per heavy atom. The van der Waals surface area contributed by atoms with Crippen LogP contribution in [0.25, 0.3) is 0 Å². The van der Waals surface area contributed by atoms with Gasteiger partial charge in [-0.3, -0.25) is 9.48 Å². The van der Waals surface area contributed by atoms with Gasteiger partial charge in [0.15, 0.2) is 0 Å². The second-order valence-electron chi connectivity index (χ2n) is 6.59. The molecule has 0 spiro atoms. The third-order valence-electron chi connectivity index (χ3n) is 4.79. The minimum absolute atomic E-state index is 0.0511. The van der Waals surface area contributed by atoms with E-state index in [4.69, 9.17) is 16.3 Å². The predicted molar refractivity (Wildman–Crippen MR) is 97.7 cm³/mol. The molecule has 1 atom stereocenters. The minimum atomic E-state index is -0.288. The van der Waals surface area contributed by atoms with E-state index in [1.807, 2.05) is 49.8 Å². The smallest absolute Gasteiger partial charge is 0.251 e. The summed E-state index contributed by atoms with van der Waals surface area (Å²) in [6.45, 7) is 5.86. The van der Waals surface area contributed by atoms with Crippen LogP contribution in [0.15, 0.2) is 24.3 Å². The van der Waals surface area contributed by atoms with Crippen LogP contribution in [0.5, 0.6) is 0 Å². The quantitative estimate of drug-likeness (QED) is 0.820. The minimum Gasteiger partial charge on any atom is -0.368 e. The van der Waals surface area contributed by atoms with Gasteiger partial charge in [-0.2, -0.15) is 5.10 Å². The molecule has 1 saturated heterocycles. The fraction of sp³-hybridized carbons (Fsp3) is 0.474. The zero-order chi connectivity index (χ0) is 18.0. The number of hydrogen-bond donors (Lipinski definition) is 0. The van der Waals surface area contributed by atoms with E-state index in [0.29, 0.717) is 19.7 Å². The number of aryl methyl sites for hydroxylation is 1. The second kappa shape index (κ2) is 7.58. The zero-order valence-corrected chi connectivity index (χ0v) is 15.7. The topological polar surface area (TPSA) is 47.4 Å². The van der Waals surface area contributed by atoms with Crippen LogP contribution in [0.3, 0.4) is 0 Å². The second-order valence-corrected chi connectivity index (χ2v) is 7.00. The summed E-state index contributed by atoms with van der Waals surface area (Å²) in [4.78, 5) is 14.2.